The fraction of sp³-hybridized carbons (Fsp3) is 0.308. The van der Waals surface area contributed by atoms with Gasteiger partial charge in [0, 0.05) is 23.6 Å². The number of carbonyl (C=O) groups is 1. The summed E-state index contributed by atoms with van der Waals surface area (Å²) < 4.78 is 12.2. The van der Waals surface area contributed by atoms with Crippen LogP contribution < -0.4 is 10.1 Å². The van der Waals surface area contributed by atoms with Gasteiger partial charge in [-0.25, -0.2) is 4.79 Å². The Bertz CT molecular complexity index is 591. The standard InChI is InChI=1S/C13H14N2O3/c1-17-11-2-3-12-9(6-11)4-5-15(12)7-10-8-18-13(16)14-10/h2-6,10H,7-8H2,1H3,(H,14,16). The Morgan fingerprint density at radius 3 is 3.11 bits per heavy atom. The first-order valence-electron chi connectivity index (χ1n) is 5.82. The highest BCUT2D eigenvalue weighted by molar-refractivity contribution is 5.81. The molecule has 5 heteroatoms. The van der Waals surface area contributed by atoms with Crippen LogP contribution in [0.4, 0.5) is 4.79 Å². The lowest BCUT2D eigenvalue weighted by Crippen LogP contribution is -2.30. The molecule has 0 aliphatic carbocycles. The van der Waals surface area contributed by atoms with Crippen molar-refractivity contribution in [3.8, 4) is 5.75 Å². The summed E-state index contributed by atoms with van der Waals surface area (Å²) in [6.45, 7) is 1.14. The molecule has 94 valence electrons. The Hall–Kier alpha value is -2.17. The average Bonchev–Trinajstić information content (AvgIpc) is 2.96. The molecule has 1 fully saturated rings. The molecule has 1 amide bonds. The van der Waals surface area contributed by atoms with Crippen LogP contribution in [0, 0.1) is 0 Å². The number of amides is 1. The van der Waals surface area contributed by atoms with Crippen molar-refractivity contribution >= 4 is 17.0 Å². The molecule has 1 unspecified atom stereocenters. The third-order valence-electron chi connectivity index (χ3n) is 3.13. The van der Waals surface area contributed by atoms with Crippen molar-refractivity contribution in [3.63, 3.8) is 0 Å². The average molecular weight is 246 g/mol. The molecule has 18 heavy (non-hydrogen) atoms. The van der Waals surface area contributed by atoms with E-state index in [1.807, 2.05) is 30.5 Å². The molecular weight excluding hydrogens is 232 g/mol. The summed E-state index contributed by atoms with van der Waals surface area (Å²) >= 11 is 0. The number of cyclic esters (lactones) is 1. The van der Waals surface area contributed by atoms with Crippen molar-refractivity contribution in [1.82, 2.24) is 9.88 Å². The van der Waals surface area contributed by atoms with Gasteiger partial charge in [0.1, 0.15) is 12.4 Å². The molecule has 1 aliphatic rings. The first-order chi connectivity index (χ1) is 8.76. The number of ether oxygens (including phenoxy) is 2. The van der Waals surface area contributed by atoms with Crippen molar-refractivity contribution in [2.24, 2.45) is 0 Å². The Labute approximate surface area is 104 Å². The number of methoxy groups -OCH3 is 1. The van der Waals surface area contributed by atoms with Crippen LogP contribution in [0.1, 0.15) is 0 Å². The molecule has 0 bridgehead atoms. The number of rotatable bonds is 3. The van der Waals surface area contributed by atoms with Gasteiger partial charge >= 0.3 is 6.09 Å². The van der Waals surface area contributed by atoms with Gasteiger partial charge in [-0.05, 0) is 24.3 Å². The summed E-state index contributed by atoms with van der Waals surface area (Å²) in [5.74, 6) is 0.845. The number of benzene rings is 1. The van der Waals surface area contributed by atoms with Crippen LogP contribution >= 0.6 is 0 Å². The molecule has 5 nitrogen and oxygen atoms in total. The lowest BCUT2D eigenvalue weighted by atomic mass is 10.2. The van der Waals surface area contributed by atoms with Crippen LogP contribution in [0.3, 0.4) is 0 Å². The lowest BCUT2D eigenvalue weighted by molar-refractivity contribution is 0.176. The van der Waals surface area contributed by atoms with Crippen LogP contribution in [-0.2, 0) is 11.3 Å². The fourth-order valence-corrected chi connectivity index (χ4v) is 2.23. The highest BCUT2D eigenvalue weighted by atomic mass is 16.6. The van der Waals surface area contributed by atoms with E-state index in [0.29, 0.717) is 13.2 Å². The Morgan fingerprint density at radius 1 is 1.50 bits per heavy atom. The molecule has 1 saturated heterocycles. The third kappa shape index (κ3) is 1.88. The molecule has 0 saturated carbocycles. The maximum absolute atomic E-state index is 11.0. The Morgan fingerprint density at radius 2 is 2.39 bits per heavy atom. The largest absolute Gasteiger partial charge is 0.497 e. The predicted octanol–water partition coefficient (Wildman–Crippen LogP) is 1.76. The number of hydrogen-bond acceptors (Lipinski definition) is 3. The number of hydrogen-bond donors (Lipinski definition) is 1. The second kappa shape index (κ2) is 4.25. The van der Waals surface area contributed by atoms with Gasteiger partial charge in [-0.3, -0.25) is 0 Å². The van der Waals surface area contributed by atoms with Gasteiger partial charge in [0.05, 0.1) is 13.2 Å². The highest BCUT2D eigenvalue weighted by Crippen LogP contribution is 2.22. The van der Waals surface area contributed by atoms with E-state index in [-0.39, 0.29) is 12.1 Å². The summed E-state index contributed by atoms with van der Waals surface area (Å²) in [5, 5.41) is 3.90. The van der Waals surface area contributed by atoms with Crippen molar-refractivity contribution < 1.29 is 14.3 Å². The number of carbonyl (C=O) groups excluding carboxylic acids is 1. The maximum atomic E-state index is 11.0. The molecule has 1 aliphatic heterocycles. The molecule has 2 aromatic rings. The van der Waals surface area contributed by atoms with Gasteiger partial charge in [0.25, 0.3) is 0 Å². The smallest absolute Gasteiger partial charge is 0.407 e. The van der Waals surface area contributed by atoms with Gasteiger partial charge < -0.3 is 19.4 Å². The summed E-state index contributed by atoms with van der Waals surface area (Å²) in [5.41, 5.74) is 1.12. The van der Waals surface area contributed by atoms with Crippen LogP contribution in [0.2, 0.25) is 0 Å². The quantitative estimate of drug-likeness (QED) is 0.897. The fourth-order valence-electron chi connectivity index (χ4n) is 2.23. The number of fused-ring (bicyclic) bond motifs is 1. The number of nitrogens with zero attached hydrogens (tertiary/aromatic N) is 1. The summed E-state index contributed by atoms with van der Waals surface area (Å²) in [7, 11) is 1.66. The number of nitrogens with one attached hydrogen (secondary N) is 1. The van der Waals surface area contributed by atoms with E-state index in [9.17, 15) is 4.79 Å². The molecular formula is C13H14N2O3. The molecule has 2 heterocycles. The van der Waals surface area contributed by atoms with Crippen LogP contribution in [0.15, 0.2) is 30.5 Å². The minimum Gasteiger partial charge on any atom is -0.497 e. The number of aromatic nitrogens is 1. The first kappa shape index (κ1) is 11.0. The van der Waals surface area contributed by atoms with E-state index >= 15 is 0 Å². The van der Waals surface area contributed by atoms with Crippen molar-refractivity contribution in [2.45, 2.75) is 12.6 Å². The van der Waals surface area contributed by atoms with Gasteiger partial charge in [0.15, 0.2) is 0 Å². The first-order valence-corrected chi connectivity index (χ1v) is 5.82. The molecule has 1 N–H and O–H groups in total. The van der Waals surface area contributed by atoms with Crippen molar-refractivity contribution in [3.05, 3.63) is 30.5 Å². The van der Waals surface area contributed by atoms with Gasteiger partial charge in [0.2, 0.25) is 0 Å². The van der Waals surface area contributed by atoms with Gasteiger partial charge in [-0.15, -0.1) is 0 Å². The summed E-state index contributed by atoms with van der Waals surface area (Å²) in [4.78, 5) is 11.0. The zero-order chi connectivity index (χ0) is 12.5. The zero-order valence-corrected chi connectivity index (χ0v) is 10.1. The normalized spacial score (nSPS) is 18.7. The lowest BCUT2D eigenvalue weighted by Gasteiger charge is -2.10. The Kier molecular flexibility index (Phi) is 2.59. The minimum absolute atomic E-state index is 0.0372. The molecule has 3 rings (SSSR count). The van der Waals surface area contributed by atoms with Crippen LogP contribution in [-0.4, -0.2) is 30.4 Å². The van der Waals surface area contributed by atoms with Crippen molar-refractivity contribution in [1.29, 1.82) is 0 Å². The maximum Gasteiger partial charge on any atom is 0.407 e. The van der Waals surface area contributed by atoms with E-state index in [0.717, 1.165) is 16.7 Å². The van der Waals surface area contributed by atoms with E-state index in [2.05, 4.69) is 9.88 Å². The molecule has 1 aromatic carbocycles. The topological polar surface area (TPSA) is 52.5 Å². The second-order valence-electron chi connectivity index (χ2n) is 4.33. The Balaban J connectivity index is 1.86. The second-order valence-corrected chi connectivity index (χ2v) is 4.33. The highest BCUT2D eigenvalue weighted by Gasteiger charge is 2.22. The zero-order valence-electron chi connectivity index (χ0n) is 10.1. The van der Waals surface area contributed by atoms with E-state index in [1.54, 1.807) is 7.11 Å². The molecule has 0 spiro atoms. The predicted molar refractivity (Wildman–Crippen MR) is 66.8 cm³/mol. The SMILES string of the molecule is COc1ccc2c(ccn2CC2COC(=O)N2)c1. The molecule has 1 atom stereocenters. The van der Waals surface area contributed by atoms with Gasteiger partial charge in [-0.1, -0.05) is 0 Å². The summed E-state index contributed by atoms with van der Waals surface area (Å²) in [6, 6.07) is 8.02. The van der Waals surface area contributed by atoms with E-state index < -0.39 is 0 Å². The van der Waals surface area contributed by atoms with Gasteiger partial charge in [-0.2, -0.15) is 0 Å². The minimum atomic E-state index is -0.335. The summed E-state index contributed by atoms with van der Waals surface area (Å²) in [6.07, 6.45) is 1.67. The monoisotopic (exact) mass is 246 g/mol. The molecule has 0 radical (unpaired) electrons. The number of alkyl carbamates (subject to hydrolysis) is 1. The molecule has 1 aromatic heterocycles. The van der Waals surface area contributed by atoms with Crippen LogP contribution in [0.5, 0.6) is 5.75 Å². The van der Waals surface area contributed by atoms with Crippen molar-refractivity contribution in [2.75, 3.05) is 13.7 Å². The van der Waals surface area contributed by atoms with Crippen LogP contribution in [0.25, 0.3) is 10.9 Å². The third-order valence-corrected chi connectivity index (χ3v) is 3.13. The van der Waals surface area contributed by atoms with E-state index in [4.69, 9.17) is 9.47 Å². The van der Waals surface area contributed by atoms with E-state index in [1.165, 1.54) is 0 Å².